The van der Waals surface area contributed by atoms with E-state index >= 15 is 0 Å². The van der Waals surface area contributed by atoms with Crippen LogP contribution in [-0.2, 0) is 24.1 Å². The molecular formula is C13H14BrClF3N5O. The predicted octanol–water partition coefficient (Wildman–Crippen LogP) is 3.03. The standard InChI is InChI=1S/C13H14BrClF3N5O/c1-8-11(15)12(13(16,17)18)21-23(8)4-2-3-19-10(24)7-22-6-9(14)5-20-22/h5-6H,2-4,7H2,1H3,(H,19,24). The van der Waals surface area contributed by atoms with Crippen LogP contribution in [0.25, 0.3) is 0 Å². The summed E-state index contributed by atoms with van der Waals surface area (Å²) in [5, 5.41) is 9.73. The van der Waals surface area contributed by atoms with Crippen molar-refractivity contribution in [1.82, 2.24) is 24.9 Å². The number of nitrogens with zero attached hydrogens (tertiary/aromatic N) is 4. The van der Waals surface area contributed by atoms with Gasteiger partial charge >= 0.3 is 6.18 Å². The van der Waals surface area contributed by atoms with Crippen LogP contribution < -0.4 is 5.32 Å². The molecule has 0 saturated heterocycles. The van der Waals surface area contributed by atoms with Gasteiger partial charge in [0.05, 0.1) is 21.4 Å². The molecule has 24 heavy (non-hydrogen) atoms. The van der Waals surface area contributed by atoms with E-state index in [0.717, 1.165) is 4.47 Å². The van der Waals surface area contributed by atoms with E-state index in [4.69, 9.17) is 11.6 Å². The van der Waals surface area contributed by atoms with Crippen LogP contribution in [0.1, 0.15) is 17.8 Å². The first-order chi connectivity index (χ1) is 11.2. The number of hydrogen-bond acceptors (Lipinski definition) is 3. The van der Waals surface area contributed by atoms with E-state index in [1.807, 2.05) is 0 Å². The lowest BCUT2D eigenvalue weighted by atomic mass is 10.3. The van der Waals surface area contributed by atoms with Crippen LogP contribution in [-0.4, -0.2) is 32.0 Å². The molecule has 2 aromatic rings. The highest BCUT2D eigenvalue weighted by Crippen LogP contribution is 2.35. The highest BCUT2D eigenvalue weighted by atomic mass is 79.9. The van der Waals surface area contributed by atoms with Crippen LogP contribution >= 0.6 is 27.5 Å². The molecule has 0 spiro atoms. The third kappa shape index (κ3) is 4.73. The van der Waals surface area contributed by atoms with Crippen LogP contribution in [0.5, 0.6) is 0 Å². The van der Waals surface area contributed by atoms with Gasteiger partial charge in [-0.3, -0.25) is 14.2 Å². The van der Waals surface area contributed by atoms with Gasteiger partial charge in [-0.1, -0.05) is 11.6 Å². The minimum Gasteiger partial charge on any atom is -0.354 e. The molecule has 0 aromatic carbocycles. The second-order valence-corrected chi connectivity index (χ2v) is 6.32. The number of nitrogens with one attached hydrogen (secondary N) is 1. The molecule has 1 amide bonds. The molecule has 0 atom stereocenters. The Balaban J connectivity index is 1.81. The van der Waals surface area contributed by atoms with Crippen molar-refractivity contribution in [3.8, 4) is 0 Å². The number of rotatable bonds is 6. The van der Waals surface area contributed by atoms with Crippen molar-refractivity contribution in [2.45, 2.75) is 32.6 Å². The number of carbonyl (C=O) groups is 1. The van der Waals surface area contributed by atoms with Gasteiger partial charge in [0.15, 0.2) is 5.69 Å². The molecule has 0 bridgehead atoms. The monoisotopic (exact) mass is 427 g/mol. The van der Waals surface area contributed by atoms with Crippen molar-refractivity contribution in [2.24, 2.45) is 0 Å². The molecular weight excluding hydrogens is 415 g/mol. The lowest BCUT2D eigenvalue weighted by molar-refractivity contribution is -0.141. The van der Waals surface area contributed by atoms with Gasteiger partial charge < -0.3 is 5.32 Å². The van der Waals surface area contributed by atoms with Gasteiger partial charge in [-0.2, -0.15) is 23.4 Å². The molecule has 0 aliphatic heterocycles. The molecule has 132 valence electrons. The van der Waals surface area contributed by atoms with E-state index in [0.29, 0.717) is 13.0 Å². The van der Waals surface area contributed by atoms with Gasteiger partial charge in [0.2, 0.25) is 5.91 Å². The summed E-state index contributed by atoms with van der Waals surface area (Å²) in [6.07, 6.45) is -0.937. The van der Waals surface area contributed by atoms with E-state index in [2.05, 4.69) is 31.4 Å². The van der Waals surface area contributed by atoms with Crippen LogP contribution in [0, 0.1) is 6.92 Å². The van der Waals surface area contributed by atoms with Crippen molar-refractivity contribution < 1.29 is 18.0 Å². The Labute approximate surface area is 149 Å². The maximum Gasteiger partial charge on any atom is 0.436 e. The Morgan fingerprint density at radius 2 is 2.17 bits per heavy atom. The zero-order chi connectivity index (χ0) is 17.9. The van der Waals surface area contributed by atoms with E-state index in [1.54, 1.807) is 12.4 Å². The average Bonchev–Trinajstić information content (AvgIpc) is 3.00. The molecule has 1 N–H and O–H groups in total. The number of alkyl halides is 3. The summed E-state index contributed by atoms with van der Waals surface area (Å²) < 4.78 is 41.6. The van der Waals surface area contributed by atoms with E-state index in [1.165, 1.54) is 16.3 Å². The molecule has 0 aliphatic carbocycles. The van der Waals surface area contributed by atoms with Gasteiger partial charge in [-0.25, -0.2) is 0 Å². The lowest BCUT2D eigenvalue weighted by Gasteiger charge is -2.07. The number of aryl methyl sites for hydroxylation is 1. The number of hydrogen-bond donors (Lipinski definition) is 1. The Morgan fingerprint density at radius 3 is 2.71 bits per heavy atom. The zero-order valence-corrected chi connectivity index (χ0v) is 14.9. The maximum absolute atomic E-state index is 12.7. The van der Waals surface area contributed by atoms with Crippen LogP contribution in [0.15, 0.2) is 16.9 Å². The third-order valence-electron chi connectivity index (χ3n) is 3.18. The lowest BCUT2D eigenvalue weighted by Crippen LogP contribution is -2.29. The Kier molecular flexibility index (Phi) is 5.92. The number of carbonyl (C=O) groups excluding carboxylic acids is 1. The maximum atomic E-state index is 12.7. The van der Waals surface area contributed by atoms with E-state index in [9.17, 15) is 18.0 Å². The third-order valence-corrected chi connectivity index (χ3v) is 4.04. The zero-order valence-electron chi connectivity index (χ0n) is 12.6. The number of aromatic nitrogens is 4. The largest absolute Gasteiger partial charge is 0.436 e. The summed E-state index contributed by atoms with van der Waals surface area (Å²) in [7, 11) is 0. The minimum atomic E-state index is -4.58. The molecule has 0 unspecified atom stereocenters. The molecule has 0 fully saturated rings. The fourth-order valence-electron chi connectivity index (χ4n) is 2.01. The van der Waals surface area contributed by atoms with Crippen LogP contribution in [0.2, 0.25) is 5.02 Å². The smallest absolute Gasteiger partial charge is 0.354 e. The summed E-state index contributed by atoms with van der Waals surface area (Å²) >= 11 is 8.89. The van der Waals surface area contributed by atoms with Crippen LogP contribution in [0.4, 0.5) is 13.2 Å². The molecule has 0 saturated carbocycles. The number of halogens is 5. The van der Waals surface area contributed by atoms with Crippen molar-refractivity contribution in [3.63, 3.8) is 0 Å². The van der Waals surface area contributed by atoms with Gasteiger partial charge in [0.1, 0.15) is 6.54 Å². The summed E-state index contributed by atoms with van der Waals surface area (Å²) in [4.78, 5) is 11.7. The highest BCUT2D eigenvalue weighted by molar-refractivity contribution is 9.10. The first-order valence-corrected chi connectivity index (χ1v) is 8.10. The molecule has 0 radical (unpaired) electrons. The molecule has 2 aromatic heterocycles. The van der Waals surface area contributed by atoms with Crippen molar-refractivity contribution in [2.75, 3.05) is 6.54 Å². The first kappa shape index (κ1) is 18.8. The van der Waals surface area contributed by atoms with Crippen LogP contribution in [0.3, 0.4) is 0 Å². The average molecular weight is 429 g/mol. The fourth-order valence-corrected chi connectivity index (χ4v) is 2.58. The summed E-state index contributed by atoms with van der Waals surface area (Å²) in [5.41, 5.74) is -0.841. The molecule has 11 heteroatoms. The quantitative estimate of drug-likeness (QED) is 0.720. The predicted molar refractivity (Wildman–Crippen MR) is 84.5 cm³/mol. The summed E-state index contributed by atoms with van der Waals surface area (Å²) in [6.45, 7) is 2.06. The van der Waals surface area contributed by atoms with Gasteiger partial charge in [-0.15, -0.1) is 0 Å². The van der Waals surface area contributed by atoms with Gasteiger partial charge in [-0.05, 0) is 29.3 Å². The second kappa shape index (κ2) is 7.56. The van der Waals surface area contributed by atoms with Crippen molar-refractivity contribution >= 4 is 33.4 Å². The van der Waals surface area contributed by atoms with Crippen molar-refractivity contribution in [1.29, 1.82) is 0 Å². The fraction of sp³-hybridized carbons (Fsp3) is 0.462. The summed E-state index contributed by atoms with van der Waals surface area (Å²) in [5.74, 6) is -0.239. The Morgan fingerprint density at radius 1 is 1.46 bits per heavy atom. The Hall–Kier alpha value is -1.55. The highest BCUT2D eigenvalue weighted by Gasteiger charge is 2.38. The van der Waals surface area contributed by atoms with Crippen molar-refractivity contribution in [3.05, 3.63) is 33.3 Å². The van der Waals surface area contributed by atoms with E-state index < -0.39 is 16.9 Å². The summed E-state index contributed by atoms with van der Waals surface area (Å²) in [6, 6.07) is 0. The minimum absolute atomic E-state index is 0.0659. The van der Waals surface area contributed by atoms with E-state index in [-0.39, 0.29) is 24.7 Å². The molecule has 6 nitrogen and oxygen atoms in total. The SMILES string of the molecule is Cc1c(Cl)c(C(F)(F)F)nn1CCCNC(=O)Cn1cc(Br)cn1. The number of amides is 1. The molecule has 2 rings (SSSR count). The second-order valence-electron chi connectivity index (χ2n) is 5.03. The first-order valence-electron chi connectivity index (χ1n) is 6.93. The normalized spacial score (nSPS) is 11.8. The van der Waals surface area contributed by atoms with Gasteiger partial charge in [0.25, 0.3) is 0 Å². The Bertz CT molecular complexity index is 728. The molecule has 0 aliphatic rings. The molecule has 2 heterocycles. The topological polar surface area (TPSA) is 64.7 Å². The van der Waals surface area contributed by atoms with Gasteiger partial charge in [0, 0.05) is 19.3 Å².